The Morgan fingerprint density at radius 3 is 2.91 bits per heavy atom. The van der Waals surface area contributed by atoms with E-state index in [0.29, 0.717) is 22.1 Å². The Morgan fingerprint density at radius 1 is 1.36 bits per heavy atom. The maximum absolute atomic E-state index is 5.50. The zero-order valence-electron chi connectivity index (χ0n) is 5.32. The second-order valence-electron chi connectivity index (χ2n) is 1.92. The van der Waals surface area contributed by atoms with Crippen LogP contribution in [0.5, 0.6) is 0 Å². The maximum Gasteiger partial charge on any atom is 0.199 e. The van der Waals surface area contributed by atoms with Crippen LogP contribution in [0.25, 0.3) is 0 Å². The monoisotopic (exact) mass is 212 g/mol. The van der Waals surface area contributed by atoms with E-state index in [1.54, 1.807) is 0 Å². The van der Waals surface area contributed by atoms with Crippen LogP contribution in [-0.4, -0.2) is 16.9 Å². The highest BCUT2D eigenvalue weighted by Gasteiger charge is 2.20. The molecule has 6 heteroatoms. The summed E-state index contributed by atoms with van der Waals surface area (Å²) in [5, 5.41) is 3.87. The predicted octanol–water partition coefficient (Wildman–Crippen LogP) is -0.0765. The SMILES string of the molecule is NC1=C2N=C(Br)N=C2[N]C=N1. The van der Waals surface area contributed by atoms with Crippen LogP contribution in [0.15, 0.2) is 26.5 Å². The lowest BCUT2D eigenvalue weighted by Gasteiger charge is -2.04. The summed E-state index contributed by atoms with van der Waals surface area (Å²) in [5.41, 5.74) is 6.04. The summed E-state index contributed by atoms with van der Waals surface area (Å²) in [6.45, 7) is 0. The molecule has 2 N–H and O–H groups in total. The highest BCUT2D eigenvalue weighted by atomic mass is 79.9. The van der Waals surface area contributed by atoms with E-state index in [4.69, 9.17) is 5.73 Å². The molecular weight excluding hydrogens is 210 g/mol. The molecule has 0 bridgehead atoms. The summed E-state index contributed by atoms with van der Waals surface area (Å²) in [5.74, 6) is 0.873. The van der Waals surface area contributed by atoms with E-state index in [-0.39, 0.29) is 0 Å². The molecule has 2 aliphatic heterocycles. The van der Waals surface area contributed by atoms with Gasteiger partial charge in [0.1, 0.15) is 6.34 Å². The van der Waals surface area contributed by atoms with Crippen molar-refractivity contribution in [1.82, 2.24) is 5.32 Å². The van der Waals surface area contributed by atoms with Gasteiger partial charge in [-0.05, 0) is 15.9 Å². The quantitative estimate of drug-likeness (QED) is 0.561. The molecule has 0 saturated heterocycles. The van der Waals surface area contributed by atoms with Gasteiger partial charge in [0.25, 0.3) is 0 Å². The number of aliphatic imine (C=N–C) groups is 3. The van der Waals surface area contributed by atoms with Gasteiger partial charge in [-0.3, -0.25) is 0 Å². The molecule has 0 atom stereocenters. The molecule has 0 unspecified atom stereocenters. The Kier molecular flexibility index (Phi) is 1.28. The summed E-state index contributed by atoms with van der Waals surface area (Å²) in [6.07, 6.45) is 1.36. The van der Waals surface area contributed by atoms with E-state index in [1.165, 1.54) is 6.34 Å². The van der Waals surface area contributed by atoms with Gasteiger partial charge in [0.05, 0.1) is 0 Å². The Morgan fingerprint density at radius 2 is 2.18 bits per heavy atom. The largest absolute Gasteiger partial charge is 0.382 e. The van der Waals surface area contributed by atoms with Crippen molar-refractivity contribution in [1.29, 1.82) is 0 Å². The lowest BCUT2D eigenvalue weighted by Crippen LogP contribution is -2.21. The normalized spacial score (nSPS) is 20.8. The summed E-state index contributed by atoms with van der Waals surface area (Å²) in [6, 6.07) is 0. The van der Waals surface area contributed by atoms with Crippen LogP contribution in [0, 0.1) is 0 Å². The first-order chi connectivity index (χ1) is 5.27. The third-order valence-corrected chi connectivity index (χ3v) is 1.59. The molecule has 0 fully saturated rings. The molecule has 55 valence electrons. The van der Waals surface area contributed by atoms with Crippen molar-refractivity contribution in [3.63, 3.8) is 0 Å². The van der Waals surface area contributed by atoms with Crippen molar-refractivity contribution in [2.45, 2.75) is 0 Å². The second kappa shape index (κ2) is 2.16. The molecule has 2 heterocycles. The van der Waals surface area contributed by atoms with Crippen LogP contribution in [0.3, 0.4) is 0 Å². The summed E-state index contributed by atoms with van der Waals surface area (Å²) in [4.78, 5) is 11.7. The minimum atomic E-state index is 0.355. The minimum absolute atomic E-state index is 0.355. The van der Waals surface area contributed by atoms with Crippen LogP contribution in [-0.2, 0) is 0 Å². The zero-order valence-corrected chi connectivity index (χ0v) is 6.91. The van der Waals surface area contributed by atoms with Crippen molar-refractivity contribution in [2.24, 2.45) is 20.7 Å². The fraction of sp³-hybridized carbons (Fsp3) is 0. The second-order valence-corrected chi connectivity index (χ2v) is 2.63. The number of amidine groups is 2. The number of nitrogens with zero attached hydrogens (tertiary/aromatic N) is 4. The molecule has 2 aliphatic rings. The van der Waals surface area contributed by atoms with Crippen molar-refractivity contribution >= 4 is 32.8 Å². The van der Waals surface area contributed by atoms with Gasteiger partial charge >= 0.3 is 0 Å². The number of hydrogen-bond acceptors (Lipinski definition) is 4. The molecule has 5 nitrogen and oxygen atoms in total. The average Bonchev–Trinajstić information content (AvgIpc) is 2.31. The third kappa shape index (κ3) is 0.949. The van der Waals surface area contributed by atoms with Gasteiger partial charge in [0, 0.05) is 0 Å². The standard InChI is InChI=1S/C5H3BrN5/c6-5-10-2-3(7)8-1-9-4(2)11-5/h1H,7H2. The van der Waals surface area contributed by atoms with Gasteiger partial charge in [-0.25, -0.2) is 20.3 Å². The number of fused-ring (bicyclic) bond motifs is 1. The first kappa shape index (κ1) is 6.53. The summed E-state index contributed by atoms with van der Waals surface area (Å²) < 4.78 is 0.486. The lowest BCUT2D eigenvalue weighted by atomic mass is 10.4. The predicted molar refractivity (Wildman–Crippen MR) is 45.6 cm³/mol. The van der Waals surface area contributed by atoms with Gasteiger partial charge in [-0.2, -0.15) is 0 Å². The van der Waals surface area contributed by atoms with Crippen LogP contribution in [0.4, 0.5) is 0 Å². The van der Waals surface area contributed by atoms with Crippen molar-refractivity contribution in [2.75, 3.05) is 0 Å². The Hall–Kier alpha value is -1.17. The number of halogens is 1. The highest BCUT2D eigenvalue weighted by Crippen LogP contribution is 2.16. The van der Waals surface area contributed by atoms with Crippen LogP contribution in [0.2, 0.25) is 0 Å². The summed E-state index contributed by atoms with van der Waals surface area (Å²) >= 11 is 3.11. The smallest absolute Gasteiger partial charge is 0.199 e. The maximum atomic E-state index is 5.50. The fourth-order valence-corrected chi connectivity index (χ4v) is 1.12. The van der Waals surface area contributed by atoms with Crippen LogP contribution >= 0.6 is 15.9 Å². The fourth-order valence-electron chi connectivity index (χ4n) is 0.776. The van der Waals surface area contributed by atoms with E-state index < -0.39 is 0 Å². The molecule has 0 aliphatic carbocycles. The van der Waals surface area contributed by atoms with E-state index in [1.807, 2.05) is 0 Å². The molecule has 1 radical (unpaired) electrons. The van der Waals surface area contributed by atoms with Gasteiger partial charge < -0.3 is 5.73 Å². The van der Waals surface area contributed by atoms with E-state index >= 15 is 0 Å². The Labute approximate surface area is 70.9 Å². The molecular formula is C5H3BrN5. The van der Waals surface area contributed by atoms with E-state index in [9.17, 15) is 0 Å². The molecule has 0 amide bonds. The van der Waals surface area contributed by atoms with E-state index in [0.717, 1.165) is 0 Å². The van der Waals surface area contributed by atoms with Crippen molar-refractivity contribution in [3.05, 3.63) is 11.5 Å². The van der Waals surface area contributed by atoms with Crippen molar-refractivity contribution in [3.8, 4) is 0 Å². The van der Waals surface area contributed by atoms with Gasteiger partial charge in [-0.15, -0.1) is 0 Å². The molecule has 0 aromatic heterocycles. The average molecular weight is 213 g/mol. The number of nitrogens with two attached hydrogens (primary N) is 1. The lowest BCUT2D eigenvalue weighted by molar-refractivity contribution is 1.13. The molecule has 2 rings (SSSR count). The molecule has 11 heavy (non-hydrogen) atoms. The number of rotatable bonds is 0. The Balaban J connectivity index is 2.53. The molecule has 0 saturated carbocycles. The topological polar surface area (TPSA) is 77.2 Å². The number of hydrogen-bond donors (Lipinski definition) is 1. The zero-order chi connectivity index (χ0) is 7.84. The van der Waals surface area contributed by atoms with Gasteiger partial charge in [0.2, 0.25) is 0 Å². The molecule has 0 aromatic carbocycles. The first-order valence-electron chi connectivity index (χ1n) is 2.84. The van der Waals surface area contributed by atoms with Crippen molar-refractivity contribution < 1.29 is 0 Å². The minimum Gasteiger partial charge on any atom is -0.382 e. The highest BCUT2D eigenvalue weighted by molar-refractivity contribution is 9.18. The van der Waals surface area contributed by atoms with Gasteiger partial charge in [0.15, 0.2) is 22.1 Å². The van der Waals surface area contributed by atoms with E-state index in [2.05, 4.69) is 36.2 Å². The Bertz CT molecular complexity index is 324. The molecule has 0 aromatic rings. The molecule has 0 spiro atoms. The summed E-state index contributed by atoms with van der Waals surface area (Å²) in [7, 11) is 0. The van der Waals surface area contributed by atoms with Gasteiger partial charge in [-0.1, -0.05) is 0 Å². The third-order valence-electron chi connectivity index (χ3n) is 1.23. The van der Waals surface area contributed by atoms with Crippen LogP contribution in [0.1, 0.15) is 0 Å². The van der Waals surface area contributed by atoms with Crippen LogP contribution < -0.4 is 11.1 Å². The first-order valence-corrected chi connectivity index (χ1v) is 3.63.